The number of fused-ring (bicyclic) bond motifs is 3. The first-order chi connectivity index (χ1) is 26.8. The quantitative estimate of drug-likeness (QED) is 0.0386. The summed E-state index contributed by atoms with van der Waals surface area (Å²) in [5.41, 5.74) is 5.79. The van der Waals surface area contributed by atoms with Gasteiger partial charge >= 0.3 is 0 Å². The summed E-state index contributed by atoms with van der Waals surface area (Å²) in [5.74, 6) is 1.41. The summed E-state index contributed by atoms with van der Waals surface area (Å²) in [5, 5.41) is 13.1. The van der Waals surface area contributed by atoms with Crippen molar-refractivity contribution in [3.8, 4) is 0 Å². The van der Waals surface area contributed by atoms with E-state index in [0.29, 0.717) is 69.2 Å². The molecular formula is C44H56N6O4S2+2. The van der Waals surface area contributed by atoms with E-state index >= 15 is 0 Å². The number of Topliss-reactive ketones (excluding diaryl/α,β-unsaturated/α-hetero) is 2. The van der Waals surface area contributed by atoms with Crippen LogP contribution in [0.4, 0.5) is 22.7 Å². The number of quaternary nitrogens is 2. The second-order valence-electron chi connectivity index (χ2n) is 15.4. The Morgan fingerprint density at radius 3 is 1.29 bits per heavy atom. The summed E-state index contributed by atoms with van der Waals surface area (Å²) < 4.78 is 1.78. The van der Waals surface area contributed by atoms with E-state index in [1.165, 1.54) is 12.2 Å². The van der Waals surface area contributed by atoms with Gasteiger partial charge in [-0.2, -0.15) is 0 Å². The number of carbonyl (C=O) groups is 4. The minimum absolute atomic E-state index is 0.119. The average Bonchev–Trinajstić information content (AvgIpc) is 3.19. The molecule has 0 spiro atoms. The molecule has 56 heavy (non-hydrogen) atoms. The Labute approximate surface area is 339 Å². The van der Waals surface area contributed by atoms with Gasteiger partial charge in [0, 0.05) is 85.0 Å². The van der Waals surface area contributed by atoms with Gasteiger partial charge in [0.2, 0.25) is 0 Å². The minimum atomic E-state index is -0.224. The number of carbonyl (C=O) groups excluding carboxylic acids is 4. The van der Waals surface area contributed by atoms with Crippen LogP contribution >= 0.6 is 21.6 Å². The van der Waals surface area contributed by atoms with Crippen LogP contribution in [0.3, 0.4) is 0 Å². The molecule has 4 N–H and O–H groups in total. The largest absolute Gasteiger partial charge is 0.388 e. The molecule has 2 aliphatic carbocycles. The molecule has 0 aliphatic heterocycles. The molecule has 0 atom stereocenters. The van der Waals surface area contributed by atoms with Gasteiger partial charge < -0.3 is 30.2 Å². The van der Waals surface area contributed by atoms with Gasteiger partial charge in [-0.15, -0.1) is 0 Å². The highest BCUT2D eigenvalue weighted by molar-refractivity contribution is 8.76. The number of nitrogens with zero attached hydrogens (tertiary/aromatic N) is 2. The number of nitrogens with one attached hydrogen (secondary N) is 4. The van der Waals surface area contributed by atoms with Crippen LogP contribution in [0.25, 0.3) is 0 Å². The van der Waals surface area contributed by atoms with E-state index in [0.717, 1.165) is 59.5 Å². The van der Waals surface area contributed by atoms with Crippen LogP contribution in [0.15, 0.2) is 85.0 Å². The van der Waals surface area contributed by atoms with Crippen molar-refractivity contribution in [3.05, 3.63) is 118 Å². The fourth-order valence-electron chi connectivity index (χ4n) is 7.30. The Morgan fingerprint density at radius 2 is 0.893 bits per heavy atom. The molecule has 0 unspecified atom stereocenters. The Kier molecular flexibility index (Phi) is 14.1. The van der Waals surface area contributed by atoms with E-state index in [2.05, 4.69) is 62.6 Å². The zero-order valence-electron chi connectivity index (χ0n) is 33.6. The summed E-state index contributed by atoms with van der Waals surface area (Å²) in [6, 6.07) is 14.5. The minimum Gasteiger partial charge on any atom is -0.388 e. The lowest BCUT2D eigenvalue weighted by Gasteiger charge is -2.31. The van der Waals surface area contributed by atoms with Crippen LogP contribution < -0.4 is 21.3 Å². The van der Waals surface area contributed by atoms with Gasteiger partial charge in [0.25, 0.3) is 0 Å². The first-order valence-electron chi connectivity index (χ1n) is 19.1. The zero-order chi connectivity index (χ0) is 40.6. The van der Waals surface area contributed by atoms with Crippen molar-refractivity contribution >= 4 is 67.5 Å². The summed E-state index contributed by atoms with van der Waals surface area (Å²) in [7, 11) is 16.4. The molecule has 12 heteroatoms. The highest BCUT2D eigenvalue weighted by Gasteiger charge is 2.35. The normalized spacial score (nSPS) is 13.9. The molecule has 0 bridgehead atoms. The van der Waals surface area contributed by atoms with Crippen LogP contribution in [0.1, 0.15) is 65.4 Å². The molecule has 0 heterocycles. The molecular weight excluding hydrogens is 741 g/mol. The maximum Gasteiger partial charge on any atom is 0.196 e. The number of hydrogen-bond donors (Lipinski definition) is 4. The molecule has 0 radical (unpaired) electrons. The van der Waals surface area contributed by atoms with E-state index in [9.17, 15) is 19.2 Å². The third-order valence-electron chi connectivity index (χ3n) is 10.6. The molecule has 2 aliphatic rings. The lowest BCUT2D eigenvalue weighted by Crippen LogP contribution is -2.43. The van der Waals surface area contributed by atoms with E-state index < -0.39 is 0 Å². The van der Waals surface area contributed by atoms with Crippen LogP contribution in [0, 0.1) is 0 Å². The van der Waals surface area contributed by atoms with E-state index in [4.69, 9.17) is 0 Å². The number of allylic oxidation sites excluding steroid dienone is 4. The molecule has 0 amide bonds. The second-order valence-corrected chi connectivity index (χ2v) is 18.1. The molecule has 0 fully saturated rings. The van der Waals surface area contributed by atoms with Crippen LogP contribution in [0.5, 0.6) is 0 Å². The lowest BCUT2D eigenvalue weighted by molar-refractivity contribution is -0.887. The van der Waals surface area contributed by atoms with Crippen LogP contribution in [0.2, 0.25) is 0 Å². The van der Waals surface area contributed by atoms with Gasteiger partial charge in [-0.05, 0) is 24.3 Å². The van der Waals surface area contributed by atoms with Gasteiger partial charge in [0.1, 0.15) is 0 Å². The zero-order valence-corrected chi connectivity index (χ0v) is 35.2. The van der Waals surface area contributed by atoms with Crippen molar-refractivity contribution in [1.29, 1.82) is 0 Å². The second kappa shape index (κ2) is 18.5. The smallest absolute Gasteiger partial charge is 0.196 e. The van der Waals surface area contributed by atoms with Crippen LogP contribution in [-0.2, 0) is 0 Å². The third-order valence-corrected chi connectivity index (χ3v) is 13.0. The Balaban J connectivity index is 1.01. The SMILES string of the molecule is C=CC1=C(C=C)C(=O)c2c(NCCC[N+](C)(C)CCSSCC[N+](C)(C)CCCNc3ccc(NC)c4c3C(=O)c3ccccc3C4=O)ccc(NC)c2C1=O. The van der Waals surface area contributed by atoms with Gasteiger partial charge in [-0.1, -0.05) is 71.2 Å². The fourth-order valence-corrected chi connectivity index (χ4v) is 9.83. The number of ketones is 4. The molecule has 3 aromatic carbocycles. The topological polar surface area (TPSA) is 116 Å². The lowest BCUT2D eigenvalue weighted by atomic mass is 9.82. The van der Waals surface area contributed by atoms with Crippen molar-refractivity contribution in [2.24, 2.45) is 0 Å². The average molecular weight is 797 g/mol. The standard InChI is InChI=1S/C44H54N6O4S2/c1-9-29-30(10-2)42(52)39-35(19-17-33(45-3)37(39)41(29)51)47-21-13-23-49(5,6)25-27-55-56-28-26-50(7,8)24-14-22-48-36-20-18-34(46-4)38-40(36)44(54)32-16-12-11-15-31(32)43(38)53/h9-12,15-20H,1-2,13-14,21-28H2,3-8H3,(H2-2,45,46,47,48,51,52,53,54)/p+2. The van der Waals surface area contributed by atoms with Gasteiger partial charge in [0.05, 0.1) is 88.1 Å². The summed E-state index contributed by atoms with van der Waals surface area (Å²) in [4.78, 5) is 53.8. The molecule has 0 saturated carbocycles. The van der Waals surface area contributed by atoms with Crippen molar-refractivity contribution in [2.45, 2.75) is 12.8 Å². The molecule has 5 rings (SSSR count). The van der Waals surface area contributed by atoms with Crippen molar-refractivity contribution in [2.75, 3.05) is 114 Å². The highest BCUT2D eigenvalue weighted by atomic mass is 33.1. The number of benzene rings is 3. The Hall–Kier alpha value is -4.62. The van der Waals surface area contributed by atoms with Crippen molar-refractivity contribution in [3.63, 3.8) is 0 Å². The van der Waals surface area contributed by atoms with Gasteiger partial charge in [-0.3, -0.25) is 19.2 Å². The Morgan fingerprint density at radius 1 is 0.536 bits per heavy atom. The van der Waals surface area contributed by atoms with Crippen molar-refractivity contribution in [1.82, 2.24) is 0 Å². The van der Waals surface area contributed by atoms with E-state index in [1.807, 2.05) is 45.9 Å². The molecule has 10 nitrogen and oxygen atoms in total. The number of rotatable bonds is 21. The number of hydrogen-bond acceptors (Lipinski definition) is 10. The molecule has 0 aromatic heterocycles. The van der Waals surface area contributed by atoms with Crippen molar-refractivity contribution < 1.29 is 28.1 Å². The highest BCUT2D eigenvalue weighted by Crippen LogP contribution is 2.38. The molecule has 296 valence electrons. The van der Waals surface area contributed by atoms with Gasteiger partial charge in [-0.25, -0.2) is 0 Å². The van der Waals surface area contributed by atoms with Crippen LogP contribution in [-0.4, -0.2) is 125 Å². The molecule has 0 saturated heterocycles. The summed E-state index contributed by atoms with van der Waals surface area (Å²) in [6.45, 7) is 12.9. The summed E-state index contributed by atoms with van der Waals surface area (Å²) in [6.07, 6.45) is 4.71. The Bertz CT molecular complexity index is 2070. The van der Waals surface area contributed by atoms with Gasteiger partial charge in [0.15, 0.2) is 23.1 Å². The maximum absolute atomic E-state index is 13.5. The first kappa shape index (κ1) is 42.5. The maximum atomic E-state index is 13.5. The van der Waals surface area contributed by atoms with E-state index in [-0.39, 0.29) is 34.3 Å². The predicted molar refractivity (Wildman–Crippen MR) is 236 cm³/mol. The predicted octanol–water partition coefficient (Wildman–Crippen LogP) is 7.43. The first-order valence-corrected chi connectivity index (χ1v) is 21.6. The number of anilines is 4. The summed E-state index contributed by atoms with van der Waals surface area (Å²) >= 11 is 0. The third kappa shape index (κ3) is 9.32. The van der Waals surface area contributed by atoms with E-state index in [1.54, 1.807) is 38.4 Å². The monoisotopic (exact) mass is 796 g/mol. The fraction of sp³-hybridized carbons (Fsp3) is 0.364. The molecule has 3 aromatic rings.